The number of esters is 2. The van der Waals surface area contributed by atoms with Crippen molar-refractivity contribution in [1.29, 1.82) is 0 Å². The molecular formula is C71H128NO8P. The number of hydrogen-bond acceptors (Lipinski definition) is 8. The Morgan fingerprint density at radius 3 is 1.01 bits per heavy atom. The topological polar surface area (TPSA) is 134 Å². The summed E-state index contributed by atoms with van der Waals surface area (Å²) >= 11 is 0. The fourth-order valence-corrected chi connectivity index (χ4v) is 10.5. The molecule has 0 rings (SSSR count). The predicted molar refractivity (Wildman–Crippen MR) is 349 cm³/mol. The average Bonchev–Trinajstić information content (AvgIpc) is 3.46. The van der Waals surface area contributed by atoms with Crippen LogP contribution in [0.2, 0.25) is 0 Å². The summed E-state index contributed by atoms with van der Waals surface area (Å²) in [5, 5.41) is 0. The highest BCUT2D eigenvalue weighted by molar-refractivity contribution is 7.47. The van der Waals surface area contributed by atoms with Gasteiger partial charge in [-0.25, -0.2) is 4.57 Å². The molecule has 0 aromatic rings. The van der Waals surface area contributed by atoms with Gasteiger partial charge in [0.2, 0.25) is 0 Å². The van der Waals surface area contributed by atoms with Gasteiger partial charge in [0.15, 0.2) is 6.10 Å². The van der Waals surface area contributed by atoms with Crippen LogP contribution in [0.1, 0.15) is 322 Å². The van der Waals surface area contributed by atoms with Gasteiger partial charge in [0.1, 0.15) is 6.61 Å². The lowest BCUT2D eigenvalue weighted by Crippen LogP contribution is -2.29. The van der Waals surface area contributed by atoms with Crippen molar-refractivity contribution in [3.8, 4) is 0 Å². The quantitative estimate of drug-likeness (QED) is 0.0264. The third-order valence-corrected chi connectivity index (χ3v) is 15.7. The second-order valence-electron chi connectivity index (χ2n) is 22.7. The highest BCUT2D eigenvalue weighted by Gasteiger charge is 2.26. The number of hydrogen-bond donors (Lipinski definition) is 2. The lowest BCUT2D eigenvalue weighted by atomic mass is 10.0. The van der Waals surface area contributed by atoms with Crippen molar-refractivity contribution in [3.63, 3.8) is 0 Å². The van der Waals surface area contributed by atoms with Crippen molar-refractivity contribution in [2.75, 3.05) is 26.4 Å². The van der Waals surface area contributed by atoms with Crippen molar-refractivity contribution in [3.05, 3.63) is 85.1 Å². The highest BCUT2D eigenvalue weighted by Crippen LogP contribution is 2.43. The molecule has 0 aliphatic heterocycles. The van der Waals surface area contributed by atoms with Crippen molar-refractivity contribution >= 4 is 19.8 Å². The van der Waals surface area contributed by atoms with E-state index in [0.29, 0.717) is 6.42 Å². The Bertz CT molecular complexity index is 1600. The first-order valence-corrected chi connectivity index (χ1v) is 35.6. The van der Waals surface area contributed by atoms with E-state index in [4.69, 9.17) is 24.3 Å². The Labute approximate surface area is 500 Å². The second-order valence-corrected chi connectivity index (χ2v) is 24.1. The van der Waals surface area contributed by atoms with E-state index in [2.05, 4.69) is 98.9 Å². The molecule has 0 aliphatic rings. The summed E-state index contributed by atoms with van der Waals surface area (Å²) in [6.45, 7) is 3.65. The smallest absolute Gasteiger partial charge is 0.462 e. The molecule has 0 aromatic heterocycles. The Morgan fingerprint density at radius 1 is 0.383 bits per heavy atom. The van der Waals surface area contributed by atoms with Crippen LogP contribution >= 0.6 is 7.82 Å². The van der Waals surface area contributed by atoms with E-state index in [-0.39, 0.29) is 38.6 Å². The van der Waals surface area contributed by atoms with Crippen LogP contribution in [0.3, 0.4) is 0 Å². The maximum absolute atomic E-state index is 12.8. The molecule has 0 radical (unpaired) electrons. The van der Waals surface area contributed by atoms with Gasteiger partial charge in [0.05, 0.1) is 13.2 Å². The van der Waals surface area contributed by atoms with Crippen LogP contribution in [0.15, 0.2) is 85.1 Å². The Morgan fingerprint density at radius 2 is 0.679 bits per heavy atom. The van der Waals surface area contributed by atoms with Crippen LogP contribution < -0.4 is 5.73 Å². The van der Waals surface area contributed by atoms with Gasteiger partial charge < -0.3 is 20.1 Å². The molecule has 0 spiro atoms. The van der Waals surface area contributed by atoms with Crippen molar-refractivity contribution in [2.24, 2.45) is 5.73 Å². The molecule has 2 atom stereocenters. The molecule has 2 unspecified atom stereocenters. The van der Waals surface area contributed by atoms with Gasteiger partial charge in [-0.05, 0) is 89.9 Å². The zero-order valence-corrected chi connectivity index (χ0v) is 53.7. The first kappa shape index (κ1) is 78.2. The number of carbonyl (C=O) groups is 2. The molecule has 0 aromatic carbocycles. The number of nitrogens with two attached hydrogens (primary N) is 1. The molecule has 0 aliphatic carbocycles. The van der Waals surface area contributed by atoms with Gasteiger partial charge in [-0.2, -0.15) is 0 Å². The summed E-state index contributed by atoms with van der Waals surface area (Å²) < 4.78 is 33.1. The highest BCUT2D eigenvalue weighted by atomic mass is 31.2. The lowest BCUT2D eigenvalue weighted by molar-refractivity contribution is -0.161. The minimum absolute atomic E-state index is 0.0523. The predicted octanol–water partition coefficient (Wildman–Crippen LogP) is 22.2. The zero-order valence-electron chi connectivity index (χ0n) is 52.8. The standard InChI is InChI=1S/C71H128NO8P/c1-3-5-7-9-11-13-15-17-19-21-23-25-26-27-28-29-30-31-32-33-34-35-36-37-38-39-40-41-42-44-46-48-50-52-54-56-58-60-62-64-71(74)80-69(68-79-81(75,76)78-66-65-72)67-77-70(73)63-61-59-57-55-53-51-49-47-45-43-24-22-20-18-16-14-12-10-8-6-4-2/h5,7,11,13,16-19,22-25,27-28,69H,3-4,6,8-10,12,14-15,20-21,26,29-68,72H2,1-2H3,(H,75,76)/b7-5-,13-11-,18-16-,19-17-,24-22-,25-23-,28-27-. The number of allylic oxidation sites excluding steroid dienone is 14. The van der Waals surface area contributed by atoms with E-state index in [1.807, 2.05) is 0 Å². The summed E-state index contributed by atoms with van der Waals surface area (Å²) in [5.74, 6) is -0.820. The SMILES string of the molecule is CC/C=C\C/C=C\C/C=C\C/C=C\C/C=C\CCCCCCCCCCCCCCCCCCCCCCCCCC(=O)OC(COC(=O)CCCCCCCCCCC/C=C\C/C=C\CCCCCCC)COP(=O)(O)OCCN. The first-order valence-electron chi connectivity index (χ1n) is 34.1. The van der Waals surface area contributed by atoms with E-state index < -0.39 is 26.5 Å². The van der Waals surface area contributed by atoms with E-state index in [1.165, 1.54) is 218 Å². The molecule has 0 fully saturated rings. The summed E-state index contributed by atoms with van der Waals surface area (Å²) in [4.78, 5) is 35.3. The van der Waals surface area contributed by atoms with Gasteiger partial charge in [0, 0.05) is 19.4 Å². The summed E-state index contributed by atoms with van der Waals surface area (Å²) in [7, 11) is -4.39. The van der Waals surface area contributed by atoms with Crippen LogP contribution in [-0.4, -0.2) is 49.3 Å². The average molecular weight is 1150 g/mol. The van der Waals surface area contributed by atoms with E-state index in [9.17, 15) is 19.0 Å². The maximum atomic E-state index is 12.8. The summed E-state index contributed by atoms with van der Waals surface area (Å²) in [5.41, 5.74) is 5.40. The van der Waals surface area contributed by atoms with Crippen LogP contribution in [0, 0.1) is 0 Å². The zero-order chi connectivity index (χ0) is 58.7. The fraction of sp³-hybridized carbons (Fsp3) is 0.775. The fourth-order valence-electron chi connectivity index (χ4n) is 9.76. The van der Waals surface area contributed by atoms with Gasteiger partial charge >= 0.3 is 19.8 Å². The van der Waals surface area contributed by atoms with E-state index in [0.717, 1.165) is 70.6 Å². The van der Waals surface area contributed by atoms with Gasteiger partial charge in [-0.3, -0.25) is 18.6 Å². The second kappa shape index (κ2) is 66.3. The number of ether oxygens (including phenoxy) is 2. The van der Waals surface area contributed by atoms with Crippen LogP contribution in [0.25, 0.3) is 0 Å². The molecule has 0 saturated carbocycles. The third kappa shape index (κ3) is 66.2. The third-order valence-electron chi connectivity index (χ3n) is 14.8. The summed E-state index contributed by atoms with van der Waals surface area (Å²) in [6.07, 6.45) is 88.2. The molecule has 0 amide bonds. The maximum Gasteiger partial charge on any atom is 0.472 e. The molecule has 81 heavy (non-hydrogen) atoms. The minimum atomic E-state index is -4.39. The normalized spacial score (nSPS) is 13.5. The van der Waals surface area contributed by atoms with Crippen LogP contribution in [0.4, 0.5) is 0 Å². The van der Waals surface area contributed by atoms with Gasteiger partial charge in [-0.1, -0.05) is 304 Å². The number of rotatable bonds is 64. The number of phosphoric acid groups is 1. The molecular weight excluding hydrogens is 1030 g/mol. The molecule has 10 heteroatoms. The number of phosphoric ester groups is 1. The Balaban J connectivity index is 3.81. The lowest BCUT2D eigenvalue weighted by Gasteiger charge is -2.19. The van der Waals surface area contributed by atoms with Crippen molar-refractivity contribution < 1.29 is 37.6 Å². The monoisotopic (exact) mass is 1150 g/mol. The van der Waals surface area contributed by atoms with Crippen LogP contribution in [0.5, 0.6) is 0 Å². The number of unbranched alkanes of at least 4 members (excludes halogenated alkanes) is 37. The molecule has 0 heterocycles. The van der Waals surface area contributed by atoms with Gasteiger partial charge in [0.25, 0.3) is 0 Å². The largest absolute Gasteiger partial charge is 0.472 e. The van der Waals surface area contributed by atoms with Crippen LogP contribution in [-0.2, 0) is 32.7 Å². The Hall–Kier alpha value is -2.81. The molecule has 3 N–H and O–H groups in total. The Kier molecular flexibility index (Phi) is 64.0. The minimum Gasteiger partial charge on any atom is -0.462 e. The summed E-state index contributed by atoms with van der Waals surface area (Å²) in [6, 6.07) is 0. The van der Waals surface area contributed by atoms with E-state index >= 15 is 0 Å². The molecule has 470 valence electrons. The molecule has 0 bridgehead atoms. The first-order chi connectivity index (χ1) is 39.8. The van der Waals surface area contributed by atoms with Crippen molar-refractivity contribution in [1.82, 2.24) is 0 Å². The molecule has 9 nitrogen and oxygen atoms in total. The van der Waals surface area contributed by atoms with Crippen molar-refractivity contribution in [2.45, 2.75) is 328 Å². The molecule has 0 saturated heterocycles. The van der Waals surface area contributed by atoms with Gasteiger partial charge in [-0.15, -0.1) is 0 Å². The van der Waals surface area contributed by atoms with E-state index in [1.54, 1.807) is 0 Å². The number of carbonyl (C=O) groups excluding carboxylic acids is 2.